The van der Waals surface area contributed by atoms with Crippen molar-refractivity contribution in [2.75, 3.05) is 6.54 Å². The van der Waals surface area contributed by atoms with Crippen molar-refractivity contribution < 1.29 is 9.18 Å². The van der Waals surface area contributed by atoms with Gasteiger partial charge in [0.05, 0.1) is 11.0 Å². The van der Waals surface area contributed by atoms with Crippen molar-refractivity contribution in [2.24, 2.45) is 5.41 Å². The molecule has 0 fully saturated rings. The third-order valence-corrected chi connectivity index (χ3v) is 4.24. The molecule has 3 rings (SSSR count). The number of halogens is 1. The van der Waals surface area contributed by atoms with Crippen LogP contribution in [0.2, 0.25) is 0 Å². The molecular formula is C20H22FN3O. The highest BCUT2D eigenvalue weighted by Crippen LogP contribution is 2.22. The van der Waals surface area contributed by atoms with Crippen LogP contribution in [0.4, 0.5) is 4.39 Å². The highest BCUT2D eigenvalue weighted by molar-refractivity contribution is 5.82. The average Bonchev–Trinajstić information content (AvgIpc) is 2.97. The zero-order chi connectivity index (χ0) is 17.9. The molecule has 3 aromatic rings. The van der Waals surface area contributed by atoms with Gasteiger partial charge in [0.1, 0.15) is 11.6 Å². The third kappa shape index (κ3) is 4.24. The summed E-state index contributed by atoms with van der Waals surface area (Å²) in [5, 5.41) is 2.97. The summed E-state index contributed by atoms with van der Waals surface area (Å²) in [6.45, 7) is 4.37. The van der Waals surface area contributed by atoms with E-state index in [1.165, 1.54) is 12.1 Å². The Balaban J connectivity index is 1.55. The van der Waals surface area contributed by atoms with Gasteiger partial charge in [-0.2, -0.15) is 0 Å². The lowest BCUT2D eigenvalue weighted by Crippen LogP contribution is -2.39. The summed E-state index contributed by atoms with van der Waals surface area (Å²) in [5.74, 6) is 0.457. The lowest BCUT2D eigenvalue weighted by Gasteiger charge is -2.23. The first kappa shape index (κ1) is 17.1. The summed E-state index contributed by atoms with van der Waals surface area (Å²) < 4.78 is 13.2. The van der Waals surface area contributed by atoms with Gasteiger partial charge in [0.25, 0.3) is 0 Å². The van der Waals surface area contributed by atoms with Crippen LogP contribution in [0.5, 0.6) is 0 Å². The number of H-pyrrole nitrogens is 1. The van der Waals surface area contributed by atoms with Crippen molar-refractivity contribution in [1.82, 2.24) is 15.3 Å². The summed E-state index contributed by atoms with van der Waals surface area (Å²) in [7, 11) is 0. The Kier molecular flexibility index (Phi) is 4.83. The van der Waals surface area contributed by atoms with Gasteiger partial charge in [-0.15, -0.1) is 0 Å². The summed E-state index contributed by atoms with van der Waals surface area (Å²) in [4.78, 5) is 20.0. The second-order valence-corrected chi connectivity index (χ2v) is 6.90. The van der Waals surface area contributed by atoms with Gasteiger partial charge in [0, 0.05) is 18.4 Å². The van der Waals surface area contributed by atoms with Crippen LogP contribution >= 0.6 is 0 Å². The number of carbonyl (C=O) groups excluding carboxylic acids is 1. The molecule has 0 unspecified atom stereocenters. The molecular weight excluding hydrogens is 317 g/mol. The standard InChI is InChI=1S/C20H22FN3O/c1-20(2,13-14-6-4-3-5-7-14)19(25)22-11-10-18-23-16-9-8-15(21)12-17(16)24-18/h3-9,12H,10-11,13H2,1-2H3,(H,22,25)(H,23,24). The van der Waals surface area contributed by atoms with Gasteiger partial charge >= 0.3 is 0 Å². The minimum Gasteiger partial charge on any atom is -0.355 e. The first-order chi connectivity index (χ1) is 11.9. The lowest BCUT2D eigenvalue weighted by atomic mass is 9.85. The number of benzene rings is 2. The predicted octanol–water partition coefficient (Wildman–Crippen LogP) is 3.63. The van der Waals surface area contributed by atoms with Gasteiger partial charge in [-0.05, 0) is 30.2 Å². The van der Waals surface area contributed by atoms with Gasteiger partial charge in [0.2, 0.25) is 5.91 Å². The molecule has 4 nitrogen and oxygen atoms in total. The molecule has 2 aromatic carbocycles. The Morgan fingerprint density at radius 1 is 1.20 bits per heavy atom. The van der Waals surface area contributed by atoms with Crippen LogP contribution in [0.1, 0.15) is 25.2 Å². The number of fused-ring (bicyclic) bond motifs is 1. The van der Waals surface area contributed by atoms with Crippen molar-refractivity contribution in [3.63, 3.8) is 0 Å². The second kappa shape index (κ2) is 7.05. The van der Waals surface area contributed by atoms with E-state index < -0.39 is 5.41 Å². The number of aromatic amines is 1. The van der Waals surface area contributed by atoms with Crippen molar-refractivity contribution in [2.45, 2.75) is 26.7 Å². The van der Waals surface area contributed by atoms with E-state index in [-0.39, 0.29) is 11.7 Å². The molecule has 1 aromatic heterocycles. The largest absolute Gasteiger partial charge is 0.355 e. The Bertz CT molecular complexity index is 871. The number of rotatable bonds is 6. The fourth-order valence-electron chi connectivity index (χ4n) is 2.87. The minimum atomic E-state index is -0.488. The van der Waals surface area contributed by atoms with Crippen molar-refractivity contribution in [3.8, 4) is 0 Å². The van der Waals surface area contributed by atoms with E-state index in [2.05, 4.69) is 15.3 Å². The van der Waals surface area contributed by atoms with Gasteiger partial charge < -0.3 is 10.3 Å². The Labute approximate surface area is 146 Å². The zero-order valence-electron chi connectivity index (χ0n) is 14.5. The van der Waals surface area contributed by atoms with Gasteiger partial charge in [-0.3, -0.25) is 4.79 Å². The molecule has 0 aliphatic rings. The van der Waals surface area contributed by atoms with Gasteiger partial charge in [0.15, 0.2) is 0 Å². The van der Waals surface area contributed by atoms with Crippen LogP contribution < -0.4 is 5.32 Å². The molecule has 25 heavy (non-hydrogen) atoms. The molecule has 0 bridgehead atoms. The maximum absolute atomic E-state index is 13.2. The number of nitrogens with one attached hydrogen (secondary N) is 2. The quantitative estimate of drug-likeness (QED) is 0.720. The molecule has 0 spiro atoms. The maximum atomic E-state index is 13.2. The molecule has 0 radical (unpaired) electrons. The smallest absolute Gasteiger partial charge is 0.226 e. The lowest BCUT2D eigenvalue weighted by molar-refractivity contribution is -0.129. The monoisotopic (exact) mass is 339 g/mol. The highest BCUT2D eigenvalue weighted by atomic mass is 19.1. The summed E-state index contributed by atoms with van der Waals surface area (Å²) in [6.07, 6.45) is 1.26. The number of imidazole rings is 1. The topological polar surface area (TPSA) is 57.8 Å². The van der Waals surface area contributed by atoms with Gasteiger partial charge in [-0.25, -0.2) is 9.37 Å². The fourth-order valence-corrected chi connectivity index (χ4v) is 2.87. The van der Waals surface area contributed by atoms with Crippen LogP contribution in [-0.2, 0) is 17.6 Å². The number of amides is 1. The molecule has 0 atom stereocenters. The minimum absolute atomic E-state index is 0.0125. The van der Waals surface area contributed by atoms with E-state index in [9.17, 15) is 9.18 Å². The Hall–Kier alpha value is -2.69. The molecule has 1 amide bonds. The first-order valence-corrected chi connectivity index (χ1v) is 8.40. The van der Waals surface area contributed by atoms with E-state index in [4.69, 9.17) is 0 Å². The Morgan fingerprint density at radius 3 is 2.72 bits per heavy atom. The molecule has 0 aliphatic carbocycles. The summed E-state index contributed by atoms with van der Waals surface area (Å²) >= 11 is 0. The first-order valence-electron chi connectivity index (χ1n) is 8.40. The maximum Gasteiger partial charge on any atom is 0.226 e. The van der Waals surface area contributed by atoms with Crippen LogP contribution in [0.3, 0.4) is 0 Å². The molecule has 5 heteroatoms. The van der Waals surface area contributed by atoms with E-state index in [1.54, 1.807) is 6.07 Å². The molecule has 0 saturated heterocycles. The zero-order valence-corrected chi connectivity index (χ0v) is 14.5. The summed E-state index contributed by atoms with van der Waals surface area (Å²) in [6, 6.07) is 14.4. The van der Waals surface area contributed by atoms with Gasteiger partial charge in [-0.1, -0.05) is 44.2 Å². The molecule has 1 heterocycles. The van der Waals surface area contributed by atoms with E-state index in [1.807, 2.05) is 44.2 Å². The number of carbonyl (C=O) groups is 1. The van der Waals surface area contributed by atoms with E-state index >= 15 is 0 Å². The second-order valence-electron chi connectivity index (χ2n) is 6.90. The van der Waals surface area contributed by atoms with Crippen molar-refractivity contribution >= 4 is 16.9 Å². The number of nitrogens with zero attached hydrogens (tertiary/aromatic N) is 1. The van der Waals surface area contributed by atoms with Crippen LogP contribution in [0, 0.1) is 11.2 Å². The van der Waals surface area contributed by atoms with E-state index in [0.29, 0.717) is 24.9 Å². The third-order valence-electron chi connectivity index (χ3n) is 4.24. The molecule has 130 valence electrons. The average molecular weight is 339 g/mol. The highest BCUT2D eigenvalue weighted by Gasteiger charge is 2.27. The molecule has 0 aliphatic heterocycles. The predicted molar refractivity (Wildman–Crippen MR) is 96.7 cm³/mol. The van der Waals surface area contributed by atoms with Crippen molar-refractivity contribution in [1.29, 1.82) is 0 Å². The van der Waals surface area contributed by atoms with Crippen LogP contribution in [0.25, 0.3) is 11.0 Å². The molecule has 0 saturated carbocycles. The number of hydrogen-bond donors (Lipinski definition) is 2. The van der Waals surface area contributed by atoms with Crippen LogP contribution in [0.15, 0.2) is 48.5 Å². The van der Waals surface area contributed by atoms with Crippen molar-refractivity contribution in [3.05, 3.63) is 65.7 Å². The Morgan fingerprint density at radius 2 is 1.96 bits per heavy atom. The van der Waals surface area contributed by atoms with E-state index in [0.717, 1.165) is 16.9 Å². The van der Waals surface area contributed by atoms with Crippen LogP contribution in [-0.4, -0.2) is 22.4 Å². The normalized spacial score (nSPS) is 11.6. The molecule has 2 N–H and O–H groups in total. The number of aromatic nitrogens is 2. The fraction of sp³-hybridized carbons (Fsp3) is 0.300. The SMILES string of the molecule is CC(C)(Cc1ccccc1)C(=O)NCCc1nc2ccc(F)cc2[nH]1. The summed E-state index contributed by atoms with van der Waals surface area (Å²) in [5.41, 5.74) is 2.05. The number of hydrogen-bond acceptors (Lipinski definition) is 2.